The molecule has 3 rings (SSSR count). The van der Waals surface area contributed by atoms with Crippen LogP contribution in [0.1, 0.15) is 12.8 Å². The molecule has 1 unspecified atom stereocenters. The number of para-hydroxylation sites is 1. The predicted molar refractivity (Wildman–Crippen MR) is 116 cm³/mol. The molecule has 0 aromatic heterocycles. The Morgan fingerprint density at radius 1 is 1.27 bits per heavy atom. The van der Waals surface area contributed by atoms with Gasteiger partial charge in [0.2, 0.25) is 11.8 Å². The molecule has 2 aromatic carbocycles. The molecule has 0 saturated carbocycles. The number of hydrogen-bond donors (Lipinski definition) is 1. The van der Waals surface area contributed by atoms with Crippen LogP contribution in [-0.2, 0) is 9.59 Å². The fourth-order valence-electron chi connectivity index (χ4n) is 3.26. The number of carbonyl (C=O) groups excluding carboxylic acids is 2. The summed E-state index contributed by atoms with van der Waals surface area (Å²) in [4.78, 5) is 28.0. The van der Waals surface area contributed by atoms with Gasteiger partial charge in [0.15, 0.2) is 0 Å². The molecule has 2 aromatic rings. The highest BCUT2D eigenvalue weighted by Crippen LogP contribution is 2.36. The van der Waals surface area contributed by atoms with E-state index in [0.717, 1.165) is 4.90 Å². The van der Waals surface area contributed by atoms with Crippen LogP contribution >= 0.6 is 11.8 Å². The van der Waals surface area contributed by atoms with Crippen molar-refractivity contribution in [2.24, 2.45) is 5.92 Å². The first-order valence-corrected chi connectivity index (χ1v) is 10.5. The van der Waals surface area contributed by atoms with E-state index in [9.17, 15) is 9.59 Å². The molecule has 0 bridgehead atoms. The lowest BCUT2D eigenvalue weighted by atomic mass is 10.1. The van der Waals surface area contributed by atoms with E-state index in [2.05, 4.69) is 11.4 Å². The summed E-state index contributed by atoms with van der Waals surface area (Å²) in [5.74, 6) is 0.990. The fraction of sp³-hybridized carbons (Fsp3) is 0.318. The van der Waals surface area contributed by atoms with E-state index in [1.54, 1.807) is 30.2 Å². The maximum atomic E-state index is 12.9. The van der Waals surface area contributed by atoms with Gasteiger partial charge >= 0.3 is 0 Å². The number of rotatable bonds is 8. The molecule has 2 amide bonds. The molecule has 30 heavy (non-hydrogen) atoms. The van der Waals surface area contributed by atoms with Crippen LogP contribution in [0, 0.1) is 17.2 Å². The molecule has 8 heteroatoms. The van der Waals surface area contributed by atoms with Gasteiger partial charge in [-0.05, 0) is 24.3 Å². The summed E-state index contributed by atoms with van der Waals surface area (Å²) < 4.78 is 10.6. The van der Waals surface area contributed by atoms with Gasteiger partial charge in [-0.15, -0.1) is 11.8 Å². The summed E-state index contributed by atoms with van der Waals surface area (Å²) in [6.07, 6.45) is 0.563. The number of anilines is 2. The summed E-state index contributed by atoms with van der Waals surface area (Å²) in [5, 5.41) is 11.7. The number of amides is 2. The summed E-state index contributed by atoms with van der Waals surface area (Å²) in [5.41, 5.74) is 1.31. The Bertz CT molecular complexity index is 973. The lowest BCUT2D eigenvalue weighted by molar-refractivity contribution is -0.122. The quantitative estimate of drug-likeness (QED) is 0.512. The number of benzene rings is 2. The standard InChI is InChI=1S/C22H23N3O4S/c1-28-16-8-9-18(19(13-16)29-2)25-14-15(12-21(25)26)22(27)24-17-6-3-4-7-20(17)30-11-5-10-23/h3-4,6-9,13,15H,5,11-12,14H2,1-2H3,(H,24,27). The van der Waals surface area contributed by atoms with Crippen molar-refractivity contribution in [2.45, 2.75) is 17.7 Å². The molecule has 156 valence electrons. The van der Waals surface area contributed by atoms with E-state index in [1.807, 2.05) is 24.3 Å². The summed E-state index contributed by atoms with van der Waals surface area (Å²) >= 11 is 1.52. The lowest BCUT2D eigenvalue weighted by Crippen LogP contribution is -2.28. The molecule has 0 aliphatic carbocycles. The summed E-state index contributed by atoms with van der Waals surface area (Å²) in [6.45, 7) is 0.275. The van der Waals surface area contributed by atoms with Crippen molar-refractivity contribution in [2.75, 3.05) is 36.7 Å². The van der Waals surface area contributed by atoms with Crippen molar-refractivity contribution in [3.63, 3.8) is 0 Å². The van der Waals surface area contributed by atoms with Crippen molar-refractivity contribution in [1.82, 2.24) is 0 Å². The Balaban J connectivity index is 1.71. The fourth-order valence-corrected chi connectivity index (χ4v) is 4.12. The van der Waals surface area contributed by atoms with Gasteiger partial charge in [0.05, 0.1) is 37.6 Å². The minimum atomic E-state index is -0.471. The normalized spacial score (nSPS) is 15.6. The zero-order chi connectivity index (χ0) is 21.5. The monoisotopic (exact) mass is 425 g/mol. The van der Waals surface area contributed by atoms with Crippen LogP contribution in [0.15, 0.2) is 47.4 Å². The minimum absolute atomic E-state index is 0.129. The number of nitrogens with zero attached hydrogens (tertiary/aromatic N) is 2. The van der Waals surface area contributed by atoms with Gasteiger partial charge in [-0.1, -0.05) is 12.1 Å². The Morgan fingerprint density at radius 2 is 2.07 bits per heavy atom. The van der Waals surface area contributed by atoms with Gasteiger partial charge in [0.25, 0.3) is 0 Å². The van der Waals surface area contributed by atoms with Crippen LogP contribution in [0.5, 0.6) is 11.5 Å². The van der Waals surface area contributed by atoms with Gasteiger partial charge in [-0.3, -0.25) is 9.59 Å². The molecule has 1 fully saturated rings. The van der Waals surface area contributed by atoms with E-state index in [0.29, 0.717) is 35.0 Å². The molecule has 1 heterocycles. The van der Waals surface area contributed by atoms with Gasteiger partial charge in [-0.2, -0.15) is 5.26 Å². The Hall–Kier alpha value is -3.18. The van der Waals surface area contributed by atoms with E-state index in [1.165, 1.54) is 18.9 Å². The molecular formula is C22H23N3O4S. The highest BCUT2D eigenvalue weighted by Gasteiger charge is 2.36. The van der Waals surface area contributed by atoms with Crippen molar-refractivity contribution >= 4 is 35.0 Å². The summed E-state index contributed by atoms with van der Waals surface area (Å²) in [6, 6.07) is 14.8. The largest absolute Gasteiger partial charge is 0.497 e. The number of hydrogen-bond acceptors (Lipinski definition) is 6. The van der Waals surface area contributed by atoms with Crippen LogP contribution in [0.3, 0.4) is 0 Å². The second-order valence-electron chi connectivity index (χ2n) is 6.69. The highest BCUT2D eigenvalue weighted by atomic mass is 32.2. The zero-order valence-corrected chi connectivity index (χ0v) is 17.7. The topological polar surface area (TPSA) is 91.7 Å². The van der Waals surface area contributed by atoms with Crippen molar-refractivity contribution in [3.8, 4) is 17.6 Å². The Morgan fingerprint density at radius 3 is 2.80 bits per heavy atom. The van der Waals surface area contributed by atoms with Gasteiger partial charge in [0.1, 0.15) is 11.5 Å². The molecule has 7 nitrogen and oxygen atoms in total. The second kappa shape index (κ2) is 10.0. The molecule has 1 aliphatic rings. The SMILES string of the molecule is COc1ccc(N2CC(C(=O)Nc3ccccc3SCCC#N)CC2=O)c(OC)c1. The lowest BCUT2D eigenvalue weighted by Gasteiger charge is -2.20. The van der Waals surface area contributed by atoms with Crippen LogP contribution < -0.4 is 19.7 Å². The number of nitriles is 1. The number of carbonyl (C=O) groups is 2. The van der Waals surface area contributed by atoms with Crippen LogP contribution in [0.25, 0.3) is 0 Å². The molecule has 1 saturated heterocycles. The Kier molecular flexibility index (Phi) is 7.20. The average molecular weight is 426 g/mol. The maximum absolute atomic E-state index is 12.9. The molecule has 0 radical (unpaired) electrons. The van der Waals surface area contributed by atoms with E-state index in [4.69, 9.17) is 14.7 Å². The van der Waals surface area contributed by atoms with Gasteiger partial charge < -0.3 is 19.7 Å². The number of thioether (sulfide) groups is 1. The second-order valence-corrected chi connectivity index (χ2v) is 7.82. The number of ether oxygens (including phenoxy) is 2. The van der Waals surface area contributed by atoms with E-state index in [-0.39, 0.29) is 24.8 Å². The third-order valence-corrected chi connectivity index (χ3v) is 5.87. The Labute approximate surface area is 180 Å². The molecular weight excluding hydrogens is 402 g/mol. The molecule has 1 aliphatic heterocycles. The van der Waals surface area contributed by atoms with Crippen molar-refractivity contribution < 1.29 is 19.1 Å². The van der Waals surface area contributed by atoms with E-state index < -0.39 is 5.92 Å². The zero-order valence-electron chi connectivity index (χ0n) is 16.9. The highest BCUT2D eigenvalue weighted by molar-refractivity contribution is 7.99. The third-order valence-electron chi connectivity index (χ3n) is 4.79. The number of nitrogens with one attached hydrogen (secondary N) is 1. The van der Waals surface area contributed by atoms with Crippen LogP contribution in [0.4, 0.5) is 11.4 Å². The van der Waals surface area contributed by atoms with Crippen LogP contribution in [0.2, 0.25) is 0 Å². The van der Waals surface area contributed by atoms with Crippen LogP contribution in [-0.4, -0.2) is 38.3 Å². The number of methoxy groups -OCH3 is 2. The molecule has 1 N–H and O–H groups in total. The smallest absolute Gasteiger partial charge is 0.229 e. The van der Waals surface area contributed by atoms with Gasteiger partial charge in [0, 0.05) is 36.1 Å². The minimum Gasteiger partial charge on any atom is -0.497 e. The van der Waals surface area contributed by atoms with Gasteiger partial charge in [-0.25, -0.2) is 0 Å². The first-order chi connectivity index (χ1) is 14.6. The first-order valence-electron chi connectivity index (χ1n) is 9.49. The van der Waals surface area contributed by atoms with Crippen molar-refractivity contribution in [1.29, 1.82) is 5.26 Å². The predicted octanol–water partition coefficient (Wildman–Crippen LogP) is 3.70. The van der Waals surface area contributed by atoms with E-state index >= 15 is 0 Å². The van der Waals surface area contributed by atoms with Crippen molar-refractivity contribution in [3.05, 3.63) is 42.5 Å². The first kappa shape index (κ1) is 21.5. The molecule has 0 spiro atoms. The molecule has 1 atom stereocenters. The summed E-state index contributed by atoms with van der Waals surface area (Å²) in [7, 11) is 3.09. The maximum Gasteiger partial charge on any atom is 0.229 e. The average Bonchev–Trinajstić information content (AvgIpc) is 3.16. The third kappa shape index (κ3) is 4.86.